The molecule has 0 atom stereocenters. The van der Waals surface area contributed by atoms with Crippen LogP contribution >= 0.6 is 15.9 Å². The topological polar surface area (TPSA) is 35.5 Å². The Morgan fingerprint density at radius 1 is 1.14 bits per heavy atom. The molecule has 2 aromatic rings. The van der Waals surface area contributed by atoms with Gasteiger partial charge in [0.15, 0.2) is 0 Å². The third-order valence-corrected chi connectivity index (χ3v) is 3.50. The van der Waals surface area contributed by atoms with Crippen LogP contribution in [-0.4, -0.2) is 13.1 Å². The lowest BCUT2D eigenvalue weighted by molar-refractivity contribution is -0.144. The predicted molar refractivity (Wildman–Crippen MR) is 80.6 cm³/mol. The van der Waals surface area contributed by atoms with Crippen LogP contribution in [0.1, 0.15) is 11.1 Å². The third-order valence-electron chi connectivity index (χ3n) is 2.88. The molecular weight excluding hydrogens is 339 g/mol. The molecule has 0 N–H and O–H groups in total. The monoisotopic (exact) mass is 352 g/mol. The Kier molecular flexibility index (Phi) is 5.33. The van der Waals surface area contributed by atoms with E-state index in [-0.39, 0.29) is 24.8 Å². The molecule has 0 aliphatic rings. The van der Waals surface area contributed by atoms with Crippen molar-refractivity contribution in [2.24, 2.45) is 0 Å². The van der Waals surface area contributed by atoms with E-state index in [2.05, 4.69) is 15.9 Å². The molecule has 110 valence electrons. The Morgan fingerprint density at radius 3 is 2.43 bits per heavy atom. The minimum atomic E-state index is -0.353. The van der Waals surface area contributed by atoms with Crippen LogP contribution < -0.4 is 4.74 Å². The minimum Gasteiger partial charge on any atom is -0.496 e. The molecule has 0 bridgehead atoms. The quantitative estimate of drug-likeness (QED) is 0.766. The van der Waals surface area contributed by atoms with E-state index >= 15 is 0 Å². The molecule has 0 heterocycles. The number of hydrogen-bond donors (Lipinski definition) is 0. The fraction of sp³-hybridized carbons (Fsp3) is 0.188. The number of carbonyl (C=O) groups is 1. The van der Waals surface area contributed by atoms with Crippen molar-refractivity contribution in [3.05, 3.63) is 63.9 Å². The summed E-state index contributed by atoms with van der Waals surface area (Å²) in [5, 5.41) is 0. The molecule has 0 radical (unpaired) electrons. The first-order chi connectivity index (χ1) is 10.1. The summed E-state index contributed by atoms with van der Waals surface area (Å²) in [6.07, 6.45) is 0.123. The molecule has 2 rings (SSSR count). The normalized spacial score (nSPS) is 10.2. The van der Waals surface area contributed by atoms with Crippen molar-refractivity contribution in [1.82, 2.24) is 0 Å². The zero-order chi connectivity index (χ0) is 15.2. The first-order valence-corrected chi connectivity index (χ1v) is 7.10. The number of methoxy groups -OCH3 is 1. The van der Waals surface area contributed by atoms with E-state index in [0.29, 0.717) is 0 Å². The average Bonchev–Trinajstić information content (AvgIpc) is 2.48. The van der Waals surface area contributed by atoms with Crippen molar-refractivity contribution in [1.29, 1.82) is 0 Å². The van der Waals surface area contributed by atoms with Gasteiger partial charge in [-0.05, 0) is 51.3 Å². The highest BCUT2D eigenvalue weighted by Crippen LogP contribution is 2.25. The largest absolute Gasteiger partial charge is 0.496 e. The van der Waals surface area contributed by atoms with E-state index in [1.807, 2.05) is 12.1 Å². The van der Waals surface area contributed by atoms with Crippen LogP contribution in [0.3, 0.4) is 0 Å². The van der Waals surface area contributed by atoms with Gasteiger partial charge in [-0.15, -0.1) is 0 Å². The fourth-order valence-electron chi connectivity index (χ4n) is 1.78. The summed E-state index contributed by atoms with van der Waals surface area (Å²) in [6, 6.07) is 11.2. The summed E-state index contributed by atoms with van der Waals surface area (Å²) in [4.78, 5) is 11.7. The van der Waals surface area contributed by atoms with Crippen LogP contribution in [0.4, 0.5) is 4.39 Å². The Bertz CT molecular complexity index is 626. The van der Waals surface area contributed by atoms with Crippen molar-refractivity contribution in [3.63, 3.8) is 0 Å². The van der Waals surface area contributed by atoms with Gasteiger partial charge in [0.05, 0.1) is 18.0 Å². The third kappa shape index (κ3) is 4.56. The molecule has 0 spiro atoms. The number of benzene rings is 2. The smallest absolute Gasteiger partial charge is 0.310 e. The second-order valence-corrected chi connectivity index (χ2v) is 5.29. The van der Waals surface area contributed by atoms with Gasteiger partial charge in [0.1, 0.15) is 18.2 Å². The zero-order valence-corrected chi connectivity index (χ0v) is 13.0. The Balaban J connectivity index is 1.89. The van der Waals surface area contributed by atoms with Gasteiger partial charge in [-0.25, -0.2) is 4.39 Å². The van der Waals surface area contributed by atoms with Crippen LogP contribution in [0, 0.1) is 5.82 Å². The predicted octanol–water partition coefficient (Wildman–Crippen LogP) is 3.88. The van der Waals surface area contributed by atoms with Crippen molar-refractivity contribution >= 4 is 21.9 Å². The van der Waals surface area contributed by atoms with Crippen molar-refractivity contribution < 1.29 is 18.7 Å². The molecular formula is C16H14BrFO3. The molecule has 0 aliphatic carbocycles. The lowest BCUT2D eigenvalue weighted by Crippen LogP contribution is -2.08. The SMILES string of the molecule is COc1ccc(COC(=O)Cc2ccc(F)cc2)cc1Br. The first kappa shape index (κ1) is 15.5. The van der Waals surface area contributed by atoms with Gasteiger partial charge in [0.25, 0.3) is 0 Å². The van der Waals surface area contributed by atoms with Gasteiger partial charge in [0, 0.05) is 0 Å². The summed E-state index contributed by atoms with van der Waals surface area (Å²) in [7, 11) is 1.59. The number of esters is 1. The molecule has 0 fully saturated rings. The van der Waals surface area contributed by atoms with Crippen molar-refractivity contribution in [2.45, 2.75) is 13.0 Å². The maximum atomic E-state index is 12.8. The molecule has 2 aromatic carbocycles. The molecule has 3 nitrogen and oxygen atoms in total. The van der Waals surface area contributed by atoms with Crippen LogP contribution in [0.25, 0.3) is 0 Å². The van der Waals surface area contributed by atoms with E-state index < -0.39 is 0 Å². The van der Waals surface area contributed by atoms with Gasteiger partial charge < -0.3 is 9.47 Å². The number of ether oxygens (including phenoxy) is 2. The average molecular weight is 353 g/mol. The highest BCUT2D eigenvalue weighted by atomic mass is 79.9. The highest BCUT2D eigenvalue weighted by Gasteiger charge is 2.07. The van der Waals surface area contributed by atoms with Crippen LogP contribution in [0.2, 0.25) is 0 Å². The lowest BCUT2D eigenvalue weighted by atomic mass is 10.1. The molecule has 5 heteroatoms. The number of rotatable bonds is 5. The Labute approximate surface area is 130 Å². The van der Waals surface area contributed by atoms with Gasteiger partial charge in [-0.2, -0.15) is 0 Å². The lowest BCUT2D eigenvalue weighted by Gasteiger charge is -2.08. The highest BCUT2D eigenvalue weighted by molar-refractivity contribution is 9.10. The molecule has 0 unspecified atom stereocenters. The molecule has 0 aliphatic heterocycles. The van der Waals surface area contributed by atoms with Gasteiger partial charge in [0.2, 0.25) is 0 Å². The van der Waals surface area contributed by atoms with Crippen LogP contribution in [0.15, 0.2) is 46.9 Å². The van der Waals surface area contributed by atoms with Gasteiger partial charge in [-0.1, -0.05) is 18.2 Å². The summed E-state index contributed by atoms with van der Waals surface area (Å²) in [5.74, 6) is 0.0418. The summed E-state index contributed by atoms with van der Waals surface area (Å²) >= 11 is 3.37. The van der Waals surface area contributed by atoms with Crippen molar-refractivity contribution in [2.75, 3.05) is 7.11 Å². The summed E-state index contributed by atoms with van der Waals surface area (Å²) in [5.41, 5.74) is 1.58. The van der Waals surface area contributed by atoms with E-state index in [1.165, 1.54) is 12.1 Å². The van der Waals surface area contributed by atoms with E-state index in [4.69, 9.17) is 9.47 Å². The van der Waals surface area contributed by atoms with Crippen LogP contribution in [0.5, 0.6) is 5.75 Å². The van der Waals surface area contributed by atoms with Crippen LogP contribution in [-0.2, 0) is 22.6 Å². The molecule has 0 saturated carbocycles. The maximum Gasteiger partial charge on any atom is 0.310 e. The van der Waals surface area contributed by atoms with Gasteiger partial charge >= 0.3 is 5.97 Å². The minimum absolute atomic E-state index is 0.123. The molecule has 0 amide bonds. The number of halogens is 2. The second kappa shape index (κ2) is 7.22. The summed E-state index contributed by atoms with van der Waals surface area (Å²) < 4.78 is 23.9. The molecule has 0 aromatic heterocycles. The number of hydrogen-bond acceptors (Lipinski definition) is 3. The number of carbonyl (C=O) groups excluding carboxylic acids is 1. The van der Waals surface area contributed by atoms with E-state index in [9.17, 15) is 9.18 Å². The summed E-state index contributed by atoms with van der Waals surface area (Å²) in [6.45, 7) is 0.183. The standard InChI is InChI=1S/C16H14BrFO3/c1-20-15-7-4-12(8-14(15)17)10-21-16(19)9-11-2-5-13(18)6-3-11/h2-8H,9-10H2,1H3. The first-order valence-electron chi connectivity index (χ1n) is 6.31. The Morgan fingerprint density at radius 2 is 1.81 bits per heavy atom. The van der Waals surface area contributed by atoms with Crippen molar-refractivity contribution in [3.8, 4) is 5.75 Å². The van der Waals surface area contributed by atoms with Gasteiger partial charge in [-0.3, -0.25) is 4.79 Å². The molecule has 21 heavy (non-hydrogen) atoms. The fourth-order valence-corrected chi connectivity index (χ4v) is 2.37. The molecule has 0 saturated heterocycles. The zero-order valence-electron chi connectivity index (χ0n) is 11.4. The maximum absolute atomic E-state index is 12.8. The second-order valence-electron chi connectivity index (χ2n) is 4.43. The Hall–Kier alpha value is -1.88. The van der Waals surface area contributed by atoms with E-state index in [1.54, 1.807) is 25.3 Å². The van der Waals surface area contributed by atoms with E-state index in [0.717, 1.165) is 21.3 Å².